The molecule has 162 valence electrons. The molecule has 3 rings (SSSR count). The fourth-order valence-corrected chi connectivity index (χ4v) is 6.09. The number of sulfonamides is 1. The van der Waals surface area contributed by atoms with Crippen LogP contribution in [0.15, 0.2) is 41.3 Å². The Bertz CT molecular complexity index is 993. The molecule has 0 unspecified atom stereocenters. The molecule has 1 aliphatic heterocycles. The molecule has 1 N–H and O–H groups in total. The molecule has 0 aliphatic carbocycles. The number of aryl methyl sites for hydroxylation is 3. The van der Waals surface area contributed by atoms with Crippen molar-refractivity contribution in [2.45, 2.75) is 45.1 Å². The zero-order valence-electron chi connectivity index (χ0n) is 18.1. The van der Waals surface area contributed by atoms with E-state index >= 15 is 0 Å². The van der Waals surface area contributed by atoms with Crippen LogP contribution in [0.2, 0.25) is 0 Å². The van der Waals surface area contributed by atoms with Gasteiger partial charge < -0.3 is 10.1 Å². The van der Waals surface area contributed by atoms with Gasteiger partial charge in [-0.3, -0.25) is 4.79 Å². The first kappa shape index (κ1) is 22.3. The van der Waals surface area contributed by atoms with Crippen LogP contribution in [0.5, 0.6) is 5.75 Å². The molecular weight excluding hydrogens is 400 g/mol. The van der Waals surface area contributed by atoms with E-state index in [1.165, 1.54) is 4.31 Å². The van der Waals surface area contributed by atoms with Crippen molar-refractivity contribution in [1.82, 2.24) is 9.62 Å². The number of carbonyl (C=O) groups is 1. The number of piperidine rings is 1. The molecule has 1 amide bonds. The topological polar surface area (TPSA) is 75.7 Å². The van der Waals surface area contributed by atoms with Crippen molar-refractivity contribution < 1.29 is 17.9 Å². The molecule has 0 aromatic heterocycles. The predicted octanol–water partition coefficient (Wildman–Crippen LogP) is 3.34. The molecule has 0 radical (unpaired) electrons. The zero-order valence-corrected chi connectivity index (χ0v) is 18.9. The molecule has 2 aromatic carbocycles. The molecule has 0 saturated carbocycles. The summed E-state index contributed by atoms with van der Waals surface area (Å²) < 4.78 is 33.3. The minimum atomic E-state index is -3.64. The van der Waals surface area contributed by atoms with Crippen LogP contribution < -0.4 is 10.1 Å². The van der Waals surface area contributed by atoms with Crippen LogP contribution in [0.25, 0.3) is 0 Å². The molecule has 2 aromatic rings. The molecule has 1 aliphatic rings. The Kier molecular flexibility index (Phi) is 6.83. The number of amides is 1. The number of carbonyl (C=O) groups excluding carboxylic acids is 1. The maximum absolute atomic E-state index is 13.3. The fraction of sp³-hybridized carbons (Fsp3) is 0.435. The molecule has 1 heterocycles. The summed E-state index contributed by atoms with van der Waals surface area (Å²) in [4.78, 5) is 13.1. The van der Waals surface area contributed by atoms with Crippen LogP contribution in [-0.2, 0) is 21.4 Å². The average Bonchev–Trinajstić information content (AvgIpc) is 2.71. The van der Waals surface area contributed by atoms with Crippen molar-refractivity contribution in [3.63, 3.8) is 0 Å². The number of rotatable bonds is 6. The highest BCUT2D eigenvalue weighted by atomic mass is 32.2. The van der Waals surface area contributed by atoms with E-state index in [0.29, 0.717) is 30.8 Å². The van der Waals surface area contributed by atoms with E-state index in [1.54, 1.807) is 7.11 Å². The van der Waals surface area contributed by atoms with E-state index in [9.17, 15) is 13.2 Å². The number of methoxy groups -OCH3 is 1. The van der Waals surface area contributed by atoms with Crippen molar-refractivity contribution in [1.29, 1.82) is 0 Å². The molecule has 1 fully saturated rings. The van der Waals surface area contributed by atoms with Gasteiger partial charge in [0.2, 0.25) is 15.9 Å². The van der Waals surface area contributed by atoms with Crippen LogP contribution >= 0.6 is 0 Å². The molecule has 7 heteroatoms. The van der Waals surface area contributed by atoms with Gasteiger partial charge in [-0.1, -0.05) is 29.8 Å². The summed E-state index contributed by atoms with van der Waals surface area (Å²) in [5.74, 6) is 0.306. The van der Waals surface area contributed by atoms with Crippen molar-refractivity contribution in [3.8, 4) is 5.75 Å². The largest absolute Gasteiger partial charge is 0.497 e. The molecule has 6 nitrogen and oxygen atoms in total. The number of ether oxygens (including phenoxy) is 1. The van der Waals surface area contributed by atoms with E-state index in [-0.39, 0.29) is 18.4 Å². The third kappa shape index (κ3) is 4.84. The molecule has 1 saturated heterocycles. The van der Waals surface area contributed by atoms with Crippen LogP contribution in [0.1, 0.15) is 35.1 Å². The van der Waals surface area contributed by atoms with Crippen LogP contribution in [-0.4, -0.2) is 38.8 Å². The van der Waals surface area contributed by atoms with Crippen LogP contribution in [0.4, 0.5) is 0 Å². The normalized spacial score (nSPS) is 17.5. The van der Waals surface area contributed by atoms with E-state index in [0.717, 1.165) is 28.0 Å². The Morgan fingerprint density at radius 1 is 1.13 bits per heavy atom. The molecule has 1 atom stereocenters. The van der Waals surface area contributed by atoms with E-state index < -0.39 is 10.0 Å². The van der Waals surface area contributed by atoms with Gasteiger partial charge in [0.25, 0.3) is 0 Å². The van der Waals surface area contributed by atoms with Gasteiger partial charge >= 0.3 is 0 Å². The second-order valence-electron chi connectivity index (χ2n) is 8.00. The predicted molar refractivity (Wildman–Crippen MR) is 117 cm³/mol. The van der Waals surface area contributed by atoms with Crippen LogP contribution in [0, 0.1) is 26.7 Å². The fourth-order valence-electron chi connectivity index (χ4n) is 4.15. The Labute approximate surface area is 179 Å². The number of benzene rings is 2. The maximum Gasteiger partial charge on any atom is 0.243 e. The highest BCUT2D eigenvalue weighted by Crippen LogP contribution is 2.29. The second-order valence-corrected chi connectivity index (χ2v) is 9.87. The summed E-state index contributed by atoms with van der Waals surface area (Å²) in [5.41, 5.74) is 3.51. The summed E-state index contributed by atoms with van der Waals surface area (Å²) in [6.45, 7) is 6.68. The highest BCUT2D eigenvalue weighted by molar-refractivity contribution is 7.89. The minimum absolute atomic E-state index is 0.108. The van der Waals surface area contributed by atoms with Gasteiger partial charge in [-0.05, 0) is 62.4 Å². The zero-order chi connectivity index (χ0) is 21.9. The van der Waals surface area contributed by atoms with Crippen molar-refractivity contribution in [3.05, 3.63) is 58.7 Å². The Morgan fingerprint density at radius 3 is 2.37 bits per heavy atom. The molecular formula is C23H30N2O4S. The first-order valence-electron chi connectivity index (χ1n) is 10.2. The molecule has 30 heavy (non-hydrogen) atoms. The number of hydrogen-bond acceptors (Lipinski definition) is 4. The van der Waals surface area contributed by atoms with Gasteiger partial charge in [0.15, 0.2) is 0 Å². The van der Waals surface area contributed by atoms with Crippen molar-refractivity contribution >= 4 is 15.9 Å². The number of nitrogens with one attached hydrogen (secondary N) is 1. The van der Waals surface area contributed by atoms with Gasteiger partial charge in [0, 0.05) is 19.6 Å². The van der Waals surface area contributed by atoms with Gasteiger partial charge in [0.05, 0.1) is 17.9 Å². The Balaban J connectivity index is 1.69. The number of nitrogens with zero attached hydrogens (tertiary/aromatic N) is 1. The lowest BCUT2D eigenvalue weighted by molar-refractivity contribution is -0.126. The van der Waals surface area contributed by atoms with E-state index in [2.05, 4.69) is 5.32 Å². The molecule has 0 spiro atoms. The lowest BCUT2D eigenvalue weighted by Gasteiger charge is -2.32. The number of hydrogen-bond donors (Lipinski definition) is 1. The summed E-state index contributed by atoms with van der Waals surface area (Å²) in [5, 5.41) is 2.95. The third-order valence-corrected chi connectivity index (χ3v) is 7.75. The smallest absolute Gasteiger partial charge is 0.243 e. The Morgan fingerprint density at radius 2 is 1.77 bits per heavy atom. The molecule has 0 bridgehead atoms. The second kappa shape index (κ2) is 9.18. The highest BCUT2D eigenvalue weighted by Gasteiger charge is 2.34. The van der Waals surface area contributed by atoms with E-state index in [1.807, 2.05) is 57.2 Å². The summed E-state index contributed by atoms with van der Waals surface area (Å²) in [6, 6.07) is 11.3. The van der Waals surface area contributed by atoms with Gasteiger partial charge in [-0.25, -0.2) is 8.42 Å². The monoisotopic (exact) mass is 430 g/mol. The van der Waals surface area contributed by atoms with Crippen molar-refractivity contribution in [2.24, 2.45) is 5.92 Å². The minimum Gasteiger partial charge on any atom is -0.497 e. The Hall–Kier alpha value is -2.38. The maximum atomic E-state index is 13.3. The third-order valence-electron chi connectivity index (χ3n) is 5.58. The SMILES string of the molecule is COc1ccc(CNC(=O)[C@H]2CCCN(S(=O)(=O)c3c(C)cc(C)cc3C)C2)cc1. The summed E-state index contributed by atoms with van der Waals surface area (Å²) >= 11 is 0. The first-order chi connectivity index (χ1) is 14.2. The standard InChI is InChI=1S/C23H30N2O4S/c1-16-12-17(2)22(18(3)13-16)30(27,28)25-11-5-6-20(15-25)23(26)24-14-19-7-9-21(29-4)10-8-19/h7-10,12-13,20H,5-6,11,14-15H2,1-4H3,(H,24,26)/t20-/m0/s1. The summed E-state index contributed by atoms with van der Waals surface area (Å²) in [7, 11) is -2.03. The average molecular weight is 431 g/mol. The lowest BCUT2D eigenvalue weighted by atomic mass is 9.99. The summed E-state index contributed by atoms with van der Waals surface area (Å²) in [6.07, 6.45) is 1.36. The van der Waals surface area contributed by atoms with Gasteiger partial charge in [-0.2, -0.15) is 4.31 Å². The van der Waals surface area contributed by atoms with E-state index in [4.69, 9.17) is 4.74 Å². The first-order valence-corrected chi connectivity index (χ1v) is 11.6. The van der Waals surface area contributed by atoms with Crippen LogP contribution in [0.3, 0.4) is 0 Å². The van der Waals surface area contributed by atoms with Gasteiger partial charge in [0.1, 0.15) is 5.75 Å². The lowest BCUT2D eigenvalue weighted by Crippen LogP contribution is -2.45. The quantitative estimate of drug-likeness (QED) is 0.763. The van der Waals surface area contributed by atoms with Gasteiger partial charge in [-0.15, -0.1) is 0 Å². The van der Waals surface area contributed by atoms with Crippen molar-refractivity contribution in [2.75, 3.05) is 20.2 Å².